The number of rotatable bonds is 6. The third kappa shape index (κ3) is 5.04. The lowest BCUT2D eigenvalue weighted by molar-refractivity contribution is 0.718. The molecule has 0 heterocycles. The predicted molar refractivity (Wildman–Crippen MR) is 71.0 cm³/mol. The molecule has 0 spiro atoms. The first-order valence-corrected chi connectivity index (χ1v) is 5.55. The average molecular weight is 239 g/mol. The third-order valence-corrected chi connectivity index (χ3v) is 2.40. The molecule has 0 aliphatic rings. The lowest BCUT2D eigenvalue weighted by atomic mass is 10.2. The molecule has 0 saturated carbocycles. The predicted octanol–water partition coefficient (Wildman–Crippen LogP) is 3.63. The van der Waals surface area contributed by atoms with Crippen LogP contribution in [0.5, 0.6) is 0 Å². The number of nitriles is 1. The van der Waals surface area contributed by atoms with Crippen LogP contribution in [0.15, 0.2) is 30.3 Å². The fourth-order valence-corrected chi connectivity index (χ4v) is 1.54. The molecule has 16 heavy (non-hydrogen) atoms. The van der Waals surface area contributed by atoms with Crippen LogP contribution in [0.1, 0.15) is 26.2 Å². The highest BCUT2D eigenvalue weighted by Crippen LogP contribution is 2.14. The first-order valence-electron chi connectivity index (χ1n) is 5.55. The maximum atomic E-state index is 8.61. The molecule has 88 valence electrons. The monoisotopic (exact) mass is 238 g/mol. The van der Waals surface area contributed by atoms with Crippen molar-refractivity contribution in [1.82, 2.24) is 0 Å². The van der Waals surface area contributed by atoms with Crippen molar-refractivity contribution in [1.29, 1.82) is 5.26 Å². The van der Waals surface area contributed by atoms with Gasteiger partial charge in [-0.1, -0.05) is 31.5 Å². The minimum absolute atomic E-state index is 0. The molecule has 2 nitrogen and oxygen atoms in total. The molecule has 0 N–H and O–H groups in total. The van der Waals surface area contributed by atoms with Gasteiger partial charge in [-0.2, -0.15) is 5.26 Å². The Kier molecular flexibility index (Phi) is 8.38. The summed E-state index contributed by atoms with van der Waals surface area (Å²) in [5, 5.41) is 8.61. The van der Waals surface area contributed by atoms with Crippen LogP contribution >= 0.6 is 12.4 Å². The number of halogens is 1. The Hall–Kier alpha value is -1.20. The van der Waals surface area contributed by atoms with Crippen LogP contribution in [-0.4, -0.2) is 13.1 Å². The van der Waals surface area contributed by atoms with Crippen LogP contribution in [0.25, 0.3) is 0 Å². The summed E-state index contributed by atoms with van der Waals surface area (Å²) in [5.74, 6) is 0. The topological polar surface area (TPSA) is 27.0 Å². The molecule has 0 aliphatic carbocycles. The van der Waals surface area contributed by atoms with Crippen molar-refractivity contribution in [2.24, 2.45) is 0 Å². The van der Waals surface area contributed by atoms with E-state index < -0.39 is 0 Å². The summed E-state index contributed by atoms with van der Waals surface area (Å²) in [6.45, 7) is 4.07. The Morgan fingerprint density at radius 2 is 1.88 bits per heavy atom. The zero-order chi connectivity index (χ0) is 10.9. The zero-order valence-corrected chi connectivity index (χ0v) is 10.5. The summed E-state index contributed by atoms with van der Waals surface area (Å²) in [7, 11) is 0. The molecule has 0 fully saturated rings. The molecule has 1 aromatic rings. The van der Waals surface area contributed by atoms with Gasteiger partial charge in [0.15, 0.2) is 0 Å². The second-order valence-corrected chi connectivity index (χ2v) is 3.58. The molecule has 0 unspecified atom stereocenters. The van der Waals surface area contributed by atoms with Gasteiger partial charge in [-0.3, -0.25) is 0 Å². The molecule has 0 amide bonds. The molecule has 0 radical (unpaired) electrons. The Morgan fingerprint density at radius 3 is 2.44 bits per heavy atom. The molecular formula is C13H19ClN2. The van der Waals surface area contributed by atoms with Gasteiger partial charge in [-0.25, -0.2) is 0 Å². The summed E-state index contributed by atoms with van der Waals surface area (Å²) in [5.41, 5.74) is 1.22. The van der Waals surface area contributed by atoms with E-state index in [9.17, 15) is 0 Å². The lowest BCUT2D eigenvalue weighted by Crippen LogP contribution is -2.25. The van der Waals surface area contributed by atoms with E-state index in [0.29, 0.717) is 6.42 Å². The van der Waals surface area contributed by atoms with E-state index in [-0.39, 0.29) is 12.4 Å². The van der Waals surface area contributed by atoms with Crippen LogP contribution in [-0.2, 0) is 0 Å². The Bertz CT molecular complexity index is 305. The number of benzene rings is 1. The first-order chi connectivity index (χ1) is 7.38. The van der Waals surface area contributed by atoms with Gasteiger partial charge in [0.25, 0.3) is 0 Å². The second-order valence-electron chi connectivity index (χ2n) is 3.58. The van der Waals surface area contributed by atoms with Crippen molar-refractivity contribution >= 4 is 18.1 Å². The molecule has 0 aliphatic heterocycles. The van der Waals surface area contributed by atoms with Gasteiger partial charge in [0.2, 0.25) is 0 Å². The van der Waals surface area contributed by atoms with Gasteiger partial charge < -0.3 is 4.90 Å². The first kappa shape index (κ1) is 14.8. The largest absolute Gasteiger partial charge is 0.371 e. The number of hydrogen-bond acceptors (Lipinski definition) is 2. The van der Waals surface area contributed by atoms with Crippen molar-refractivity contribution in [3.63, 3.8) is 0 Å². The van der Waals surface area contributed by atoms with Crippen LogP contribution in [0.4, 0.5) is 5.69 Å². The van der Waals surface area contributed by atoms with E-state index in [4.69, 9.17) is 5.26 Å². The van der Waals surface area contributed by atoms with Crippen LogP contribution in [0.3, 0.4) is 0 Å². The quantitative estimate of drug-likeness (QED) is 0.757. The fraction of sp³-hybridized carbons (Fsp3) is 0.462. The van der Waals surface area contributed by atoms with E-state index in [2.05, 4.69) is 30.0 Å². The number of para-hydroxylation sites is 1. The standard InChI is InChI=1S/C13H18N2.ClH/c1-2-3-11-15(12-7-10-14)13-8-5-4-6-9-13;/h4-6,8-9H,2-3,7,11-12H2,1H3;1H. The molecule has 0 bridgehead atoms. The number of nitrogens with zero attached hydrogens (tertiary/aromatic N) is 2. The third-order valence-electron chi connectivity index (χ3n) is 2.40. The van der Waals surface area contributed by atoms with E-state index in [1.54, 1.807) is 0 Å². The minimum atomic E-state index is 0. The molecular weight excluding hydrogens is 220 g/mol. The van der Waals surface area contributed by atoms with Crippen molar-refractivity contribution in [2.45, 2.75) is 26.2 Å². The average Bonchev–Trinajstić information content (AvgIpc) is 2.30. The van der Waals surface area contributed by atoms with Gasteiger partial charge in [0.05, 0.1) is 12.5 Å². The SMILES string of the molecule is CCCCN(CCC#N)c1ccccc1.Cl. The summed E-state index contributed by atoms with van der Waals surface area (Å²) in [6.07, 6.45) is 2.97. The number of unbranched alkanes of at least 4 members (excludes halogenated alkanes) is 1. The molecule has 0 saturated heterocycles. The van der Waals surface area contributed by atoms with Crippen LogP contribution in [0, 0.1) is 11.3 Å². The molecule has 0 aromatic heterocycles. The minimum Gasteiger partial charge on any atom is -0.371 e. The van der Waals surface area contributed by atoms with Crippen LogP contribution in [0.2, 0.25) is 0 Å². The molecule has 1 rings (SSSR count). The molecule has 3 heteroatoms. The normalized spacial score (nSPS) is 9.00. The maximum Gasteiger partial charge on any atom is 0.0640 e. The van der Waals surface area contributed by atoms with Gasteiger partial charge in [-0.05, 0) is 18.6 Å². The van der Waals surface area contributed by atoms with Crippen molar-refractivity contribution in [3.05, 3.63) is 30.3 Å². The maximum absolute atomic E-state index is 8.61. The van der Waals surface area contributed by atoms with E-state index >= 15 is 0 Å². The Morgan fingerprint density at radius 1 is 1.19 bits per heavy atom. The smallest absolute Gasteiger partial charge is 0.0640 e. The van der Waals surface area contributed by atoms with Gasteiger partial charge in [0, 0.05) is 18.8 Å². The number of anilines is 1. The Labute approximate surface area is 104 Å². The lowest BCUT2D eigenvalue weighted by Gasteiger charge is -2.23. The van der Waals surface area contributed by atoms with Crippen LogP contribution < -0.4 is 4.90 Å². The number of hydrogen-bond donors (Lipinski definition) is 0. The van der Waals surface area contributed by atoms with Crippen molar-refractivity contribution in [2.75, 3.05) is 18.0 Å². The van der Waals surface area contributed by atoms with Gasteiger partial charge in [-0.15, -0.1) is 12.4 Å². The Balaban J connectivity index is 0.00000225. The highest BCUT2D eigenvalue weighted by atomic mass is 35.5. The van der Waals surface area contributed by atoms with E-state index in [1.807, 2.05) is 18.2 Å². The molecule has 0 atom stereocenters. The summed E-state index contributed by atoms with van der Waals surface area (Å²) >= 11 is 0. The molecule has 1 aromatic carbocycles. The summed E-state index contributed by atoms with van der Waals surface area (Å²) in [6, 6.07) is 12.5. The van der Waals surface area contributed by atoms with Crippen molar-refractivity contribution < 1.29 is 0 Å². The van der Waals surface area contributed by atoms with Gasteiger partial charge >= 0.3 is 0 Å². The highest BCUT2D eigenvalue weighted by Gasteiger charge is 2.03. The fourth-order valence-electron chi connectivity index (χ4n) is 1.54. The van der Waals surface area contributed by atoms with Gasteiger partial charge in [0.1, 0.15) is 0 Å². The summed E-state index contributed by atoms with van der Waals surface area (Å²) < 4.78 is 0. The van der Waals surface area contributed by atoms with E-state index in [1.165, 1.54) is 18.5 Å². The zero-order valence-electron chi connectivity index (χ0n) is 9.72. The van der Waals surface area contributed by atoms with Crippen molar-refractivity contribution in [3.8, 4) is 6.07 Å². The highest BCUT2D eigenvalue weighted by molar-refractivity contribution is 5.85. The van der Waals surface area contributed by atoms with E-state index in [0.717, 1.165) is 13.1 Å². The summed E-state index contributed by atoms with van der Waals surface area (Å²) in [4.78, 5) is 2.28. The second kappa shape index (κ2) is 9.06.